The average Bonchev–Trinajstić information content (AvgIpc) is 2.66. The molecule has 7 heteroatoms. The van der Waals surface area contributed by atoms with Crippen molar-refractivity contribution in [3.8, 4) is 0 Å². The molecule has 0 unspecified atom stereocenters. The molecule has 0 saturated heterocycles. The van der Waals surface area contributed by atoms with Gasteiger partial charge in [-0.1, -0.05) is 0 Å². The van der Waals surface area contributed by atoms with Crippen LogP contribution in [-0.4, -0.2) is 36.4 Å². The number of carbonyl (C=O) groups excluding carboxylic acids is 1. The summed E-state index contributed by atoms with van der Waals surface area (Å²) in [6.07, 6.45) is 2.30. The molecule has 0 saturated carbocycles. The first-order valence-electron chi connectivity index (χ1n) is 4.51. The SMILES string of the molecule is CNCCC(=O)N(C)Cc1nccs1.Cl.Cl. The van der Waals surface area contributed by atoms with Gasteiger partial charge in [0.15, 0.2) is 0 Å². The molecule has 0 aliphatic rings. The third-order valence-corrected chi connectivity index (χ3v) is 2.63. The van der Waals surface area contributed by atoms with E-state index in [-0.39, 0.29) is 30.7 Å². The summed E-state index contributed by atoms with van der Waals surface area (Å²) in [5.74, 6) is 0.148. The van der Waals surface area contributed by atoms with Gasteiger partial charge >= 0.3 is 0 Å². The maximum atomic E-state index is 11.5. The van der Waals surface area contributed by atoms with Gasteiger partial charge < -0.3 is 10.2 Å². The molecule has 0 bridgehead atoms. The molecule has 0 atom stereocenters. The van der Waals surface area contributed by atoms with Gasteiger partial charge in [-0.2, -0.15) is 0 Å². The molecule has 0 aliphatic heterocycles. The van der Waals surface area contributed by atoms with Crippen LogP contribution in [0.2, 0.25) is 0 Å². The highest BCUT2D eigenvalue weighted by Gasteiger charge is 2.09. The van der Waals surface area contributed by atoms with E-state index in [2.05, 4.69) is 10.3 Å². The summed E-state index contributed by atoms with van der Waals surface area (Å²) in [5.41, 5.74) is 0. The Kier molecular flexibility index (Phi) is 11.1. The van der Waals surface area contributed by atoms with Crippen molar-refractivity contribution < 1.29 is 4.79 Å². The minimum absolute atomic E-state index is 0. The Hall–Kier alpha value is -0.360. The Balaban J connectivity index is 0. The Labute approximate surface area is 112 Å². The summed E-state index contributed by atoms with van der Waals surface area (Å²) in [6, 6.07) is 0. The minimum Gasteiger partial charge on any atom is -0.339 e. The second-order valence-electron chi connectivity index (χ2n) is 3.03. The fraction of sp³-hybridized carbons (Fsp3) is 0.556. The number of rotatable bonds is 5. The maximum Gasteiger partial charge on any atom is 0.223 e. The number of carbonyl (C=O) groups is 1. The molecule has 1 heterocycles. The monoisotopic (exact) mass is 285 g/mol. The Bertz CT molecular complexity index is 282. The van der Waals surface area contributed by atoms with Gasteiger partial charge in [-0.15, -0.1) is 36.2 Å². The van der Waals surface area contributed by atoms with Crippen LogP contribution in [0.4, 0.5) is 0 Å². The zero-order valence-electron chi connectivity index (χ0n) is 9.30. The average molecular weight is 286 g/mol. The second-order valence-corrected chi connectivity index (χ2v) is 4.01. The van der Waals surface area contributed by atoms with Crippen molar-refractivity contribution in [3.05, 3.63) is 16.6 Å². The summed E-state index contributed by atoms with van der Waals surface area (Å²) < 4.78 is 0. The first-order chi connectivity index (χ1) is 6.74. The molecule has 1 rings (SSSR count). The largest absolute Gasteiger partial charge is 0.339 e. The normalized spacial score (nSPS) is 8.88. The minimum atomic E-state index is 0. The van der Waals surface area contributed by atoms with Gasteiger partial charge in [0.2, 0.25) is 5.91 Å². The lowest BCUT2D eigenvalue weighted by molar-refractivity contribution is -0.130. The molecular formula is C9H17Cl2N3OS. The lowest BCUT2D eigenvalue weighted by Gasteiger charge is -2.15. The van der Waals surface area contributed by atoms with E-state index in [0.717, 1.165) is 11.6 Å². The zero-order chi connectivity index (χ0) is 10.4. The topological polar surface area (TPSA) is 45.2 Å². The number of amides is 1. The van der Waals surface area contributed by atoms with Crippen molar-refractivity contribution in [2.45, 2.75) is 13.0 Å². The van der Waals surface area contributed by atoms with Crippen molar-refractivity contribution in [1.29, 1.82) is 0 Å². The van der Waals surface area contributed by atoms with E-state index in [9.17, 15) is 4.79 Å². The molecular weight excluding hydrogens is 269 g/mol. The van der Waals surface area contributed by atoms with E-state index in [1.165, 1.54) is 0 Å². The first kappa shape index (κ1) is 18.0. The van der Waals surface area contributed by atoms with Crippen molar-refractivity contribution in [3.63, 3.8) is 0 Å². The fourth-order valence-corrected chi connectivity index (χ4v) is 1.71. The Morgan fingerprint density at radius 2 is 2.25 bits per heavy atom. The molecule has 0 spiro atoms. The van der Waals surface area contributed by atoms with Gasteiger partial charge in [0.1, 0.15) is 5.01 Å². The molecule has 1 aromatic rings. The predicted molar refractivity (Wildman–Crippen MR) is 71.6 cm³/mol. The number of aromatic nitrogens is 1. The second kappa shape index (κ2) is 9.84. The van der Waals surface area contributed by atoms with Gasteiger partial charge in [-0.05, 0) is 7.05 Å². The lowest BCUT2D eigenvalue weighted by atomic mass is 10.3. The van der Waals surface area contributed by atoms with Crippen molar-refractivity contribution in [2.24, 2.45) is 0 Å². The third kappa shape index (κ3) is 6.27. The number of hydrogen-bond donors (Lipinski definition) is 1. The maximum absolute atomic E-state index is 11.5. The quantitative estimate of drug-likeness (QED) is 0.893. The summed E-state index contributed by atoms with van der Waals surface area (Å²) in [6.45, 7) is 1.33. The molecule has 0 aliphatic carbocycles. The summed E-state index contributed by atoms with van der Waals surface area (Å²) in [4.78, 5) is 17.3. The van der Waals surface area contributed by atoms with Crippen LogP contribution in [-0.2, 0) is 11.3 Å². The Morgan fingerprint density at radius 3 is 2.75 bits per heavy atom. The van der Waals surface area contributed by atoms with Crippen molar-refractivity contribution in [2.75, 3.05) is 20.6 Å². The first-order valence-corrected chi connectivity index (χ1v) is 5.39. The van der Waals surface area contributed by atoms with E-state index in [4.69, 9.17) is 0 Å². The summed E-state index contributed by atoms with van der Waals surface area (Å²) >= 11 is 1.57. The van der Waals surface area contributed by atoms with Crippen molar-refractivity contribution in [1.82, 2.24) is 15.2 Å². The molecule has 4 nitrogen and oxygen atoms in total. The third-order valence-electron chi connectivity index (χ3n) is 1.87. The van der Waals surface area contributed by atoms with Crippen LogP contribution in [0.25, 0.3) is 0 Å². The summed E-state index contributed by atoms with van der Waals surface area (Å²) in [7, 11) is 3.65. The van der Waals surface area contributed by atoms with E-state index in [1.807, 2.05) is 12.4 Å². The zero-order valence-corrected chi connectivity index (χ0v) is 11.8. The fourth-order valence-electron chi connectivity index (χ4n) is 1.04. The molecule has 94 valence electrons. The standard InChI is InChI=1S/C9H15N3OS.2ClH/c1-10-4-3-9(13)12(2)7-8-11-5-6-14-8;;/h5-6,10H,3-4,7H2,1-2H3;2*1H. The lowest BCUT2D eigenvalue weighted by Crippen LogP contribution is -2.28. The van der Waals surface area contributed by atoms with Gasteiger partial charge in [-0.25, -0.2) is 4.98 Å². The highest BCUT2D eigenvalue weighted by Crippen LogP contribution is 2.07. The van der Waals surface area contributed by atoms with E-state index in [0.29, 0.717) is 13.0 Å². The smallest absolute Gasteiger partial charge is 0.223 e. The number of halogens is 2. The van der Waals surface area contributed by atoms with Crippen LogP contribution in [0.5, 0.6) is 0 Å². The van der Waals surface area contributed by atoms with Crippen LogP contribution in [0, 0.1) is 0 Å². The predicted octanol–water partition coefficient (Wildman–Crippen LogP) is 1.55. The summed E-state index contributed by atoms with van der Waals surface area (Å²) in [5, 5.41) is 5.85. The van der Waals surface area contributed by atoms with E-state index < -0.39 is 0 Å². The van der Waals surface area contributed by atoms with E-state index >= 15 is 0 Å². The molecule has 0 aromatic carbocycles. The van der Waals surface area contributed by atoms with Crippen LogP contribution in [0.3, 0.4) is 0 Å². The van der Waals surface area contributed by atoms with Gasteiger partial charge in [-0.3, -0.25) is 4.79 Å². The van der Waals surface area contributed by atoms with Crippen LogP contribution in [0.1, 0.15) is 11.4 Å². The molecule has 1 aromatic heterocycles. The van der Waals surface area contributed by atoms with Gasteiger partial charge in [0.05, 0.1) is 6.54 Å². The molecule has 0 fully saturated rings. The molecule has 1 amide bonds. The molecule has 0 radical (unpaired) electrons. The highest BCUT2D eigenvalue weighted by atomic mass is 35.5. The Morgan fingerprint density at radius 1 is 1.56 bits per heavy atom. The van der Waals surface area contributed by atoms with Crippen molar-refractivity contribution >= 4 is 42.1 Å². The molecule has 16 heavy (non-hydrogen) atoms. The number of thiazole rings is 1. The van der Waals surface area contributed by atoms with Crippen LogP contribution >= 0.6 is 36.2 Å². The van der Waals surface area contributed by atoms with Crippen LogP contribution < -0.4 is 5.32 Å². The van der Waals surface area contributed by atoms with Gasteiger partial charge in [0, 0.05) is 31.6 Å². The number of hydrogen-bond acceptors (Lipinski definition) is 4. The highest BCUT2D eigenvalue weighted by molar-refractivity contribution is 7.09. The number of nitrogens with zero attached hydrogens (tertiary/aromatic N) is 2. The molecule has 1 N–H and O–H groups in total. The van der Waals surface area contributed by atoms with E-state index in [1.54, 1.807) is 29.5 Å². The van der Waals surface area contributed by atoms with Gasteiger partial charge in [0.25, 0.3) is 0 Å². The number of nitrogens with one attached hydrogen (secondary N) is 1. The van der Waals surface area contributed by atoms with Crippen LogP contribution in [0.15, 0.2) is 11.6 Å².